The number of benzene rings is 1. The van der Waals surface area contributed by atoms with Gasteiger partial charge in [-0.25, -0.2) is 4.79 Å². The van der Waals surface area contributed by atoms with Gasteiger partial charge in [0.05, 0.1) is 33.9 Å². The van der Waals surface area contributed by atoms with Gasteiger partial charge in [-0.2, -0.15) is 4.99 Å². The molecule has 3 aromatic rings. The highest BCUT2D eigenvalue weighted by Gasteiger charge is 2.26. The Balaban J connectivity index is 1.39. The summed E-state index contributed by atoms with van der Waals surface area (Å²) in [5.41, 5.74) is 2.52. The maximum Gasteiger partial charge on any atom is 0.341 e. The van der Waals surface area contributed by atoms with E-state index in [9.17, 15) is 14.4 Å². The molecule has 1 N–H and O–H groups in total. The lowest BCUT2D eigenvalue weighted by Crippen LogP contribution is -2.18. The van der Waals surface area contributed by atoms with Crippen LogP contribution in [0.15, 0.2) is 27.7 Å². The number of aryl methyl sites for hydroxylation is 2. The number of nitrogens with one attached hydrogen (secondary N) is 1. The van der Waals surface area contributed by atoms with E-state index in [0.29, 0.717) is 15.4 Å². The molecule has 1 aliphatic rings. The number of thiazole rings is 1. The van der Waals surface area contributed by atoms with Crippen molar-refractivity contribution in [3.63, 3.8) is 0 Å². The van der Waals surface area contributed by atoms with E-state index in [0.717, 1.165) is 57.2 Å². The summed E-state index contributed by atoms with van der Waals surface area (Å²) in [6, 6.07) is 5.93. The van der Waals surface area contributed by atoms with Crippen molar-refractivity contribution in [3.05, 3.63) is 43.5 Å². The molecule has 1 aromatic carbocycles. The molecule has 4 rings (SSSR count). The molecule has 2 heterocycles. The molecule has 0 bridgehead atoms. The summed E-state index contributed by atoms with van der Waals surface area (Å²) >= 11 is 7.59. The molecule has 0 saturated heterocycles. The molecule has 1 aliphatic carbocycles. The van der Waals surface area contributed by atoms with Crippen molar-refractivity contribution in [1.82, 2.24) is 4.57 Å². The summed E-state index contributed by atoms with van der Waals surface area (Å²) < 4.78 is 9.17. The molecule has 186 valence electrons. The molecule has 0 spiro atoms. The average Bonchev–Trinajstić information content (AvgIpc) is 3.19. The smallest absolute Gasteiger partial charge is 0.341 e. The number of rotatable bonds is 7. The molecule has 2 aromatic heterocycles. The predicted octanol–water partition coefficient (Wildman–Crippen LogP) is 5.31. The van der Waals surface area contributed by atoms with E-state index in [2.05, 4.69) is 26.2 Å². The van der Waals surface area contributed by atoms with Gasteiger partial charge in [0.2, 0.25) is 5.91 Å². The Morgan fingerprint density at radius 1 is 1.17 bits per heavy atom. The van der Waals surface area contributed by atoms with Gasteiger partial charge in [0.1, 0.15) is 5.00 Å². The van der Waals surface area contributed by atoms with E-state index < -0.39 is 0 Å². The Labute approximate surface area is 224 Å². The zero-order chi connectivity index (χ0) is 24.9. The van der Waals surface area contributed by atoms with E-state index in [1.54, 1.807) is 6.92 Å². The highest BCUT2D eigenvalue weighted by atomic mass is 79.9. The SMILES string of the molecule is CCOC(=O)c1c(NC(=O)CSCC(=O)N=c2sc3cc(Br)ccc3n2C)sc2c1CCCCC2. The average molecular weight is 597 g/mol. The van der Waals surface area contributed by atoms with Crippen molar-refractivity contribution in [2.75, 3.05) is 23.4 Å². The monoisotopic (exact) mass is 595 g/mol. The fraction of sp³-hybridized carbons (Fsp3) is 0.417. The molecular weight excluding hydrogens is 570 g/mol. The van der Waals surface area contributed by atoms with Gasteiger partial charge < -0.3 is 14.6 Å². The van der Waals surface area contributed by atoms with Crippen molar-refractivity contribution in [3.8, 4) is 0 Å². The zero-order valence-corrected chi connectivity index (χ0v) is 23.6. The van der Waals surface area contributed by atoms with Crippen LogP contribution in [0.2, 0.25) is 0 Å². The van der Waals surface area contributed by atoms with Crippen molar-refractivity contribution < 1.29 is 19.1 Å². The number of halogens is 1. The lowest BCUT2D eigenvalue weighted by Gasteiger charge is -2.08. The van der Waals surface area contributed by atoms with Crippen LogP contribution >= 0.6 is 50.4 Å². The first-order chi connectivity index (χ1) is 16.9. The van der Waals surface area contributed by atoms with Crippen molar-refractivity contribution in [2.45, 2.75) is 39.0 Å². The second kappa shape index (κ2) is 11.9. The number of ether oxygens (including phenoxy) is 1. The Morgan fingerprint density at radius 2 is 1.97 bits per heavy atom. The van der Waals surface area contributed by atoms with E-state index in [-0.39, 0.29) is 35.9 Å². The molecule has 0 fully saturated rings. The Morgan fingerprint density at radius 3 is 2.77 bits per heavy atom. The number of aromatic nitrogens is 1. The topological polar surface area (TPSA) is 89.8 Å². The standard InChI is InChI=1S/C24H26BrN3O4S3/c1-3-32-23(31)21-15-7-5-4-6-8-17(15)34-22(21)26-19(29)12-33-13-20(30)27-24-28(2)16-10-9-14(25)11-18(16)35-24/h9-11H,3-8,12-13H2,1-2H3,(H,26,29). The Bertz CT molecular complexity index is 1340. The van der Waals surface area contributed by atoms with Gasteiger partial charge >= 0.3 is 5.97 Å². The molecule has 0 unspecified atom stereocenters. The largest absolute Gasteiger partial charge is 0.462 e. The molecule has 0 saturated carbocycles. The minimum absolute atomic E-state index is 0.0943. The molecule has 0 aliphatic heterocycles. The van der Waals surface area contributed by atoms with Crippen LogP contribution in [0.3, 0.4) is 0 Å². The van der Waals surface area contributed by atoms with Crippen LogP contribution in [-0.2, 0) is 34.2 Å². The number of thioether (sulfide) groups is 1. The molecule has 2 amide bonds. The summed E-state index contributed by atoms with van der Waals surface area (Å²) in [6.45, 7) is 2.06. The molecule has 35 heavy (non-hydrogen) atoms. The van der Waals surface area contributed by atoms with Crippen LogP contribution in [0.1, 0.15) is 47.0 Å². The van der Waals surface area contributed by atoms with Gasteiger partial charge in [0.15, 0.2) is 4.80 Å². The number of thiophene rings is 1. The van der Waals surface area contributed by atoms with Crippen molar-refractivity contribution in [2.24, 2.45) is 12.0 Å². The van der Waals surface area contributed by atoms with Crippen LogP contribution < -0.4 is 10.1 Å². The normalized spacial score (nSPS) is 14.0. The first-order valence-corrected chi connectivity index (χ1v) is 15.0. The van der Waals surface area contributed by atoms with E-state index in [1.807, 2.05) is 29.8 Å². The minimum Gasteiger partial charge on any atom is -0.462 e. The quantitative estimate of drug-likeness (QED) is 0.295. The number of hydrogen-bond acceptors (Lipinski definition) is 7. The molecular formula is C24H26BrN3O4S3. The van der Waals surface area contributed by atoms with Crippen molar-refractivity contribution in [1.29, 1.82) is 0 Å². The minimum atomic E-state index is -0.382. The highest BCUT2D eigenvalue weighted by Crippen LogP contribution is 2.38. The van der Waals surface area contributed by atoms with Crippen LogP contribution in [0.25, 0.3) is 10.2 Å². The summed E-state index contributed by atoms with van der Waals surface area (Å²) in [6.07, 6.45) is 4.99. The second-order valence-electron chi connectivity index (χ2n) is 8.09. The number of carbonyl (C=O) groups excluding carboxylic acids is 3. The summed E-state index contributed by atoms with van der Waals surface area (Å²) in [4.78, 5) is 43.7. The molecule has 0 atom stereocenters. The van der Waals surface area contributed by atoms with Gasteiger partial charge in [-0.05, 0) is 56.4 Å². The first kappa shape index (κ1) is 26.1. The fourth-order valence-electron chi connectivity index (χ4n) is 4.00. The fourth-order valence-corrected chi connectivity index (χ4v) is 7.48. The first-order valence-electron chi connectivity index (χ1n) is 11.4. The molecule has 11 heteroatoms. The van der Waals surface area contributed by atoms with E-state index >= 15 is 0 Å². The third-order valence-electron chi connectivity index (χ3n) is 5.60. The predicted molar refractivity (Wildman–Crippen MR) is 147 cm³/mol. The number of carbonyl (C=O) groups is 3. The maximum atomic E-state index is 12.6. The third kappa shape index (κ3) is 6.25. The van der Waals surface area contributed by atoms with Crippen molar-refractivity contribution >= 4 is 83.4 Å². The zero-order valence-electron chi connectivity index (χ0n) is 19.5. The van der Waals surface area contributed by atoms with Gasteiger partial charge in [-0.3, -0.25) is 9.59 Å². The van der Waals surface area contributed by atoms with Crippen LogP contribution in [-0.4, -0.2) is 40.5 Å². The number of hydrogen-bond donors (Lipinski definition) is 1. The van der Waals surface area contributed by atoms with Gasteiger partial charge in [0, 0.05) is 16.4 Å². The highest BCUT2D eigenvalue weighted by molar-refractivity contribution is 9.10. The molecule has 7 nitrogen and oxygen atoms in total. The third-order valence-corrected chi connectivity index (χ3v) is 9.32. The molecule has 0 radical (unpaired) electrons. The summed E-state index contributed by atoms with van der Waals surface area (Å²) in [7, 11) is 1.88. The van der Waals surface area contributed by atoms with E-state index in [4.69, 9.17) is 4.74 Å². The summed E-state index contributed by atoms with van der Waals surface area (Å²) in [5.74, 6) is -0.734. The number of fused-ring (bicyclic) bond motifs is 2. The van der Waals surface area contributed by atoms with Gasteiger partial charge in [0.25, 0.3) is 5.91 Å². The van der Waals surface area contributed by atoms with Crippen LogP contribution in [0.5, 0.6) is 0 Å². The lowest BCUT2D eigenvalue weighted by molar-refractivity contribution is -0.115. The maximum absolute atomic E-state index is 12.6. The number of anilines is 1. The van der Waals surface area contributed by atoms with Gasteiger partial charge in [-0.15, -0.1) is 23.1 Å². The number of amides is 2. The summed E-state index contributed by atoms with van der Waals surface area (Å²) in [5, 5.41) is 3.45. The van der Waals surface area contributed by atoms with Crippen LogP contribution in [0.4, 0.5) is 5.00 Å². The number of esters is 1. The van der Waals surface area contributed by atoms with Crippen LogP contribution in [0, 0.1) is 0 Å². The second-order valence-corrected chi connectivity index (χ2v) is 12.1. The lowest BCUT2D eigenvalue weighted by atomic mass is 10.1. The van der Waals surface area contributed by atoms with E-state index in [1.165, 1.54) is 34.4 Å². The van der Waals surface area contributed by atoms with Gasteiger partial charge in [-0.1, -0.05) is 33.7 Å². The Kier molecular flexibility index (Phi) is 8.85. The Hall–Kier alpha value is -1.95. The number of nitrogens with zero attached hydrogens (tertiary/aromatic N) is 2.